The number of rotatable bonds is 12. The lowest BCUT2D eigenvalue weighted by Crippen LogP contribution is -2.41. The molecule has 0 atom stereocenters. The first kappa shape index (κ1) is 49.5. The van der Waals surface area contributed by atoms with Gasteiger partial charge in [0, 0.05) is 43.8 Å². The summed E-state index contributed by atoms with van der Waals surface area (Å²) in [6.07, 6.45) is 4.07. The molecular formula is C44H59N9O10S2. The summed E-state index contributed by atoms with van der Waals surface area (Å²) in [5, 5.41) is 16.1. The van der Waals surface area contributed by atoms with E-state index in [-0.39, 0.29) is 28.3 Å². The fraction of sp³-hybridized carbons (Fsp3) is 0.409. The summed E-state index contributed by atoms with van der Waals surface area (Å²) in [6, 6.07) is 15.9. The Balaban J connectivity index is 0.000000370. The summed E-state index contributed by atoms with van der Waals surface area (Å²) in [5.74, 6) is 1.21. The van der Waals surface area contributed by atoms with Crippen LogP contribution in [0.3, 0.4) is 0 Å². The normalized spacial score (nSPS) is 13.6. The average molecular weight is 938 g/mol. The van der Waals surface area contributed by atoms with Crippen LogP contribution in [0.5, 0.6) is 23.1 Å². The quantitative estimate of drug-likeness (QED) is 0.0677. The van der Waals surface area contributed by atoms with Crippen molar-refractivity contribution >= 4 is 71.6 Å². The molecule has 1 aliphatic rings. The van der Waals surface area contributed by atoms with E-state index in [4.69, 9.17) is 19.9 Å². The number of aryl methyl sites for hydroxylation is 1. The number of ether oxygens (including phenoxy) is 3. The zero-order valence-electron chi connectivity index (χ0n) is 38.5. The molecule has 0 aliphatic carbocycles. The number of benzene rings is 3. The van der Waals surface area contributed by atoms with E-state index in [1.165, 1.54) is 19.1 Å². The molecule has 0 radical (unpaired) electrons. The molecule has 1 saturated heterocycles. The molecule has 3 aromatic carbocycles. The van der Waals surface area contributed by atoms with E-state index in [1.54, 1.807) is 60.3 Å². The van der Waals surface area contributed by atoms with E-state index in [1.807, 2.05) is 53.7 Å². The van der Waals surface area contributed by atoms with Crippen LogP contribution < -0.4 is 40.0 Å². The lowest BCUT2D eigenvalue weighted by molar-refractivity contribution is 0.101. The Morgan fingerprint density at radius 2 is 1.37 bits per heavy atom. The monoisotopic (exact) mass is 937 g/mol. The minimum atomic E-state index is -3.63. The zero-order valence-corrected chi connectivity index (χ0v) is 40.1. The highest BCUT2D eigenvalue weighted by Crippen LogP contribution is 2.40. The highest BCUT2D eigenvalue weighted by molar-refractivity contribution is 7.92. The van der Waals surface area contributed by atoms with E-state index in [9.17, 15) is 31.5 Å². The van der Waals surface area contributed by atoms with Gasteiger partial charge in [0.1, 0.15) is 5.69 Å². The topological polar surface area (TPSA) is 258 Å². The molecule has 0 saturated carbocycles. The van der Waals surface area contributed by atoms with E-state index >= 15 is 0 Å². The Kier molecular flexibility index (Phi) is 14.7. The molecule has 0 spiro atoms. The van der Waals surface area contributed by atoms with Gasteiger partial charge in [0.2, 0.25) is 31.9 Å². The van der Waals surface area contributed by atoms with Crippen LogP contribution in [0.15, 0.2) is 60.8 Å². The fourth-order valence-corrected chi connectivity index (χ4v) is 8.18. The number of para-hydroxylation sites is 1. The first-order valence-corrected chi connectivity index (χ1v) is 24.3. The molecule has 0 bridgehead atoms. The Labute approximate surface area is 380 Å². The van der Waals surface area contributed by atoms with Crippen molar-refractivity contribution in [1.82, 2.24) is 19.4 Å². The van der Waals surface area contributed by atoms with Crippen LogP contribution in [0.4, 0.5) is 33.5 Å². The van der Waals surface area contributed by atoms with Gasteiger partial charge in [-0.1, -0.05) is 53.7 Å². The van der Waals surface area contributed by atoms with Gasteiger partial charge in [-0.05, 0) is 71.2 Å². The second-order valence-corrected chi connectivity index (χ2v) is 21.2. The second kappa shape index (κ2) is 19.3. The van der Waals surface area contributed by atoms with Crippen molar-refractivity contribution in [3.8, 4) is 23.1 Å². The van der Waals surface area contributed by atoms with Gasteiger partial charge in [-0.15, -0.1) is 0 Å². The summed E-state index contributed by atoms with van der Waals surface area (Å²) < 4.78 is 70.5. The number of nitrogens with zero attached hydrogens (tertiary/aromatic N) is 4. The standard InChI is InChI=1S/C32H39N7O7S.C12H20N2O3S/c1-32(2,3)20-17-22(28(45-5)23(18-20)37-47(6,43)44)35-29(40)24-16-19-8-7-9-25(27(19)38(24)4)46-26-10-13-33-30(36-26)34-21-11-14-39(15-12-21)31(41)42;1-12(2,3)8-6-9(13)11(17-4)10(7-8)14-18(5,15)16/h7-10,13,16-18,21,37H,11-12,14-15H2,1-6H3,(H,35,40)(H,41,42)(H,33,34,36);6-7,14H,13H2,1-5H3. The lowest BCUT2D eigenvalue weighted by atomic mass is 9.86. The zero-order chi connectivity index (χ0) is 48.2. The van der Waals surface area contributed by atoms with Gasteiger partial charge in [0.05, 0.1) is 55.0 Å². The number of carbonyl (C=O) groups is 2. The van der Waals surface area contributed by atoms with Crippen LogP contribution in [0.1, 0.15) is 76.0 Å². The number of fused-ring (bicyclic) bond motifs is 1. The van der Waals surface area contributed by atoms with Crippen molar-refractivity contribution < 1.29 is 45.7 Å². The molecule has 5 aromatic rings. The predicted molar refractivity (Wildman–Crippen MR) is 254 cm³/mol. The van der Waals surface area contributed by atoms with Gasteiger partial charge >= 0.3 is 6.09 Å². The molecule has 7 N–H and O–H groups in total. The lowest BCUT2D eigenvalue weighted by Gasteiger charge is -2.30. The van der Waals surface area contributed by atoms with Gasteiger partial charge < -0.3 is 45.2 Å². The Hall–Kier alpha value is -6.48. The van der Waals surface area contributed by atoms with Crippen LogP contribution >= 0.6 is 0 Å². The number of carboxylic acid groups (broad SMARTS) is 1. The molecule has 65 heavy (non-hydrogen) atoms. The summed E-state index contributed by atoms with van der Waals surface area (Å²) in [4.78, 5) is 35.2. The van der Waals surface area contributed by atoms with Crippen LogP contribution in [-0.2, 0) is 37.9 Å². The number of anilines is 5. The molecule has 21 heteroatoms. The van der Waals surface area contributed by atoms with Crippen molar-refractivity contribution in [1.29, 1.82) is 0 Å². The smallest absolute Gasteiger partial charge is 0.407 e. The fourth-order valence-electron chi connectivity index (χ4n) is 7.08. The molecular weight excluding hydrogens is 879 g/mol. The number of carbonyl (C=O) groups excluding carboxylic acids is 1. The number of methoxy groups -OCH3 is 2. The summed E-state index contributed by atoms with van der Waals surface area (Å²) in [5.41, 5.74) is 9.41. The van der Waals surface area contributed by atoms with Crippen molar-refractivity contribution in [2.24, 2.45) is 7.05 Å². The number of piperidine rings is 1. The summed E-state index contributed by atoms with van der Waals surface area (Å²) >= 11 is 0. The number of nitrogens with two attached hydrogens (primary N) is 1. The molecule has 352 valence electrons. The number of nitrogen functional groups attached to an aromatic ring is 1. The number of hydrogen-bond acceptors (Lipinski definition) is 13. The van der Waals surface area contributed by atoms with Gasteiger partial charge in [0.15, 0.2) is 17.2 Å². The largest absolute Gasteiger partial charge is 0.492 e. The average Bonchev–Trinajstić information content (AvgIpc) is 3.53. The third-order valence-electron chi connectivity index (χ3n) is 10.4. The van der Waals surface area contributed by atoms with Gasteiger partial charge in [-0.3, -0.25) is 14.2 Å². The number of amides is 2. The van der Waals surface area contributed by atoms with Crippen LogP contribution in [0.25, 0.3) is 10.9 Å². The number of sulfonamides is 2. The molecule has 3 heterocycles. The van der Waals surface area contributed by atoms with Crippen LogP contribution in [0.2, 0.25) is 0 Å². The van der Waals surface area contributed by atoms with Crippen molar-refractivity contribution in [3.05, 3.63) is 77.6 Å². The molecule has 2 aromatic heterocycles. The predicted octanol–water partition coefficient (Wildman–Crippen LogP) is 7.19. The molecule has 19 nitrogen and oxygen atoms in total. The van der Waals surface area contributed by atoms with E-state index in [0.29, 0.717) is 77.5 Å². The van der Waals surface area contributed by atoms with Crippen molar-refractivity contribution in [2.75, 3.05) is 65.6 Å². The Bertz CT molecular complexity index is 2790. The maximum absolute atomic E-state index is 13.8. The third kappa shape index (κ3) is 12.8. The summed E-state index contributed by atoms with van der Waals surface area (Å²) in [6.45, 7) is 12.9. The first-order valence-electron chi connectivity index (χ1n) is 20.5. The maximum atomic E-state index is 13.8. The SMILES string of the molecule is COc1c(N)cc(C(C)(C)C)cc1NS(C)(=O)=O.COc1c(NC(=O)c2cc3cccc(Oc4ccnc(NC5CCN(C(=O)O)CC5)n4)c3n2C)cc(C(C)(C)C)cc1NS(C)(=O)=O. The Morgan fingerprint density at radius 3 is 1.91 bits per heavy atom. The van der Waals surface area contributed by atoms with Crippen molar-refractivity contribution in [3.63, 3.8) is 0 Å². The van der Waals surface area contributed by atoms with E-state index in [0.717, 1.165) is 29.0 Å². The minimum Gasteiger partial charge on any atom is -0.492 e. The van der Waals surface area contributed by atoms with Crippen LogP contribution in [0, 0.1) is 0 Å². The molecule has 1 fully saturated rings. The number of likely N-dealkylation sites (tertiary alicyclic amines) is 1. The van der Waals surface area contributed by atoms with Crippen LogP contribution in [-0.4, -0.2) is 99.2 Å². The minimum absolute atomic E-state index is 0.0270. The van der Waals surface area contributed by atoms with Gasteiger partial charge in [0.25, 0.3) is 5.91 Å². The summed E-state index contributed by atoms with van der Waals surface area (Å²) in [7, 11) is -2.40. The highest BCUT2D eigenvalue weighted by Gasteiger charge is 2.26. The molecule has 0 unspecified atom stereocenters. The molecule has 2 amide bonds. The van der Waals surface area contributed by atoms with E-state index < -0.39 is 32.0 Å². The number of aromatic nitrogens is 3. The maximum Gasteiger partial charge on any atom is 0.407 e. The second-order valence-electron chi connectivity index (χ2n) is 17.7. The van der Waals surface area contributed by atoms with Gasteiger partial charge in [-0.25, -0.2) is 26.6 Å². The number of nitrogens with one attached hydrogen (secondary N) is 4. The number of hydrogen-bond donors (Lipinski definition) is 6. The third-order valence-corrected chi connectivity index (χ3v) is 11.6. The Morgan fingerprint density at radius 1 is 0.815 bits per heavy atom. The molecule has 1 aliphatic heterocycles. The molecule has 6 rings (SSSR count). The highest BCUT2D eigenvalue weighted by atomic mass is 32.2. The van der Waals surface area contributed by atoms with E-state index in [2.05, 4.69) is 30.0 Å². The first-order chi connectivity index (χ1) is 30.2. The van der Waals surface area contributed by atoms with Gasteiger partial charge in [-0.2, -0.15) is 4.98 Å². The van der Waals surface area contributed by atoms with Crippen molar-refractivity contribution in [2.45, 2.75) is 71.3 Å².